The van der Waals surface area contributed by atoms with Gasteiger partial charge in [0.1, 0.15) is 24.4 Å². The first kappa shape index (κ1) is 26.6. The number of unbranched alkanes of at least 4 members (excludes halogenated alkanes) is 1. The second-order valence-corrected chi connectivity index (χ2v) is 8.34. The van der Waals surface area contributed by atoms with Crippen molar-refractivity contribution >= 4 is 28.9 Å². The van der Waals surface area contributed by atoms with E-state index in [-0.39, 0.29) is 6.54 Å². The monoisotopic (exact) mass is 479 g/mol. The average Bonchev–Trinajstić information content (AvgIpc) is 2.79. The highest BCUT2D eigenvalue weighted by atomic mass is 35.5. The lowest BCUT2D eigenvalue weighted by molar-refractivity contribution is -0.323. The Hall–Kier alpha value is -0.680. The van der Waals surface area contributed by atoms with Crippen molar-refractivity contribution in [3.05, 3.63) is 29.8 Å². The topological polar surface area (TPSA) is 112 Å². The molecule has 0 radical (unpaired) electrons. The lowest BCUT2D eigenvalue weighted by atomic mass is 9.98. The van der Waals surface area contributed by atoms with E-state index in [0.29, 0.717) is 18.3 Å². The predicted molar refractivity (Wildman–Crippen MR) is 122 cm³/mol. The molecule has 1 unspecified atom stereocenters. The molecule has 10 heteroatoms. The molecule has 1 aliphatic heterocycles. The van der Waals surface area contributed by atoms with Crippen LogP contribution in [0.2, 0.25) is 0 Å². The minimum atomic E-state index is -1.35. The number of hydrogen-bond acceptors (Lipinski definition) is 8. The molecular weight excluding hydrogens is 445 g/mol. The van der Waals surface area contributed by atoms with E-state index in [9.17, 15) is 15.3 Å². The SMILES string of the molecule is CON(CCCCc1ccc(N(CCCl)CCCl)cc1)C1O[C@H](CN)[C@@H](O)[C@H](O)[C@H]1O. The number of alkyl halides is 2. The highest BCUT2D eigenvalue weighted by Crippen LogP contribution is 2.24. The standard InChI is InChI=1S/C21H35Cl2N3O5/c1-30-26(21-20(29)19(28)18(27)17(14-24)31-21)11-3-2-4-15-5-7-16(8-6-15)25(12-9-22)13-10-23/h5-8,17-21,27-29H,2-4,9-14,24H2,1H3/t17-,18-,19+,20-,21?/m1/s1. The molecule has 0 bridgehead atoms. The maximum absolute atomic E-state index is 10.3. The number of benzene rings is 1. The van der Waals surface area contributed by atoms with E-state index in [4.69, 9.17) is 38.5 Å². The zero-order valence-electron chi connectivity index (χ0n) is 17.9. The van der Waals surface area contributed by atoms with Gasteiger partial charge in [-0.15, -0.1) is 23.2 Å². The third-order valence-corrected chi connectivity index (χ3v) is 5.88. The predicted octanol–water partition coefficient (Wildman–Crippen LogP) is 0.923. The highest BCUT2D eigenvalue weighted by molar-refractivity contribution is 6.18. The minimum absolute atomic E-state index is 0.0300. The third-order valence-electron chi connectivity index (χ3n) is 5.54. The molecular formula is C21H35Cl2N3O5. The third kappa shape index (κ3) is 7.42. The Morgan fingerprint density at radius 1 is 0.968 bits per heavy atom. The van der Waals surface area contributed by atoms with Crippen LogP contribution < -0.4 is 10.6 Å². The molecule has 1 heterocycles. The van der Waals surface area contributed by atoms with Crippen LogP contribution in [0.1, 0.15) is 18.4 Å². The molecule has 0 spiro atoms. The number of anilines is 1. The van der Waals surface area contributed by atoms with E-state index in [1.807, 2.05) is 0 Å². The molecule has 1 fully saturated rings. The van der Waals surface area contributed by atoms with Crippen molar-refractivity contribution in [3.8, 4) is 0 Å². The Kier molecular flexibility index (Phi) is 11.8. The van der Waals surface area contributed by atoms with Crippen LogP contribution >= 0.6 is 23.2 Å². The van der Waals surface area contributed by atoms with Gasteiger partial charge in [0.2, 0.25) is 0 Å². The fraction of sp³-hybridized carbons (Fsp3) is 0.714. The van der Waals surface area contributed by atoms with Gasteiger partial charge in [-0.25, -0.2) is 0 Å². The van der Waals surface area contributed by atoms with Crippen molar-refractivity contribution in [2.75, 3.05) is 49.9 Å². The molecule has 1 aromatic rings. The summed E-state index contributed by atoms with van der Waals surface area (Å²) in [4.78, 5) is 7.53. The van der Waals surface area contributed by atoms with E-state index in [1.54, 1.807) is 0 Å². The van der Waals surface area contributed by atoms with Gasteiger partial charge in [-0.3, -0.25) is 4.84 Å². The lowest BCUT2D eigenvalue weighted by Crippen LogP contribution is -2.63. The highest BCUT2D eigenvalue weighted by Gasteiger charge is 2.45. The number of aliphatic hydroxyl groups is 3. The largest absolute Gasteiger partial charge is 0.388 e. The van der Waals surface area contributed by atoms with E-state index >= 15 is 0 Å². The van der Waals surface area contributed by atoms with Crippen LogP contribution in [0.15, 0.2) is 24.3 Å². The average molecular weight is 480 g/mol. The molecule has 0 saturated carbocycles. The van der Waals surface area contributed by atoms with Crippen LogP contribution in [0.4, 0.5) is 5.69 Å². The molecule has 1 saturated heterocycles. The van der Waals surface area contributed by atoms with Crippen LogP contribution in [0.5, 0.6) is 0 Å². The van der Waals surface area contributed by atoms with Crippen molar-refractivity contribution in [1.82, 2.24) is 5.06 Å². The quantitative estimate of drug-likeness (QED) is 0.188. The Labute approximate surface area is 194 Å². The number of nitrogens with zero attached hydrogens (tertiary/aromatic N) is 2. The number of hydroxylamine groups is 2. The molecule has 0 amide bonds. The molecule has 8 nitrogen and oxygen atoms in total. The van der Waals surface area contributed by atoms with Crippen LogP contribution in [-0.2, 0) is 16.0 Å². The molecule has 1 aliphatic rings. The second-order valence-electron chi connectivity index (χ2n) is 7.58. The molecule has 2 rings (SSSR count). The van der Waals surface area contributed by atoms with Gasteiger partial charge in [0.05, 0.1) is 7.11 Å². The number of halogens is 2. The van der Waals surface area contributed by atoms with Gasteiger partial charge in [0, 0.05) is 43.6 Å². The number of aliphatic hydroxyl groups excluding tert-OH is 3. The summed E-state index contributed by atoms with van der Waals surface area (Å²) in [6, 6.07) is 8.39. The Bertz CT molecular complexity index is 620. The van der Waals surface area contributed by atoms with Crippen molar-refractivity contribution in [2.24, 2.45) is 5.73 Å². The van der Waals surface area contributed by atoms with Crippen LogP contribution in [0, 0.1) is 0 Å². The summed E-state index contributed by atoms with van der Waals surface area (Å²) in [6.07, 6.45) is -2.95. The first-order chi connectivity index (χ1) is 15.0. The van der Waals surface area contributed by atoms with Crippen LogP contribution in [-0.4, -0.2) is 96.1 Å². The van der Waals surface area contributed by atoms with Gasteiger partial charge in [0.25, 0.3) is 0 Å². The summed E-state index contributed by atoms with van der Waals surface area (Å²) >= 11 is 11.8. The molecule has 178 valence electrons. The summed E-state index contributed by atoms with van der Waals surface area (Å²) in [7, 11) is 1.48. The van der Waals surface area contributed by atoms with Gasteiger partial charge in [-0.05, 0) is 37.0 Å². The molecule has 1 aromatic carbocycles. The minimum Gasteiger partial charge on any atom is -0.388 e. The molecule has 5 N–H and O–H groups in total. The van der Waals surface area contributed by atoms with Crippen LogP contribution in [0.3, 0.4) is 0 Å². The summed E-state index contributed by atoms with van der Waals surface area (Å²) < 4.78 is 5.67. The maximum atomic E-state index is 10.3. The van der Waals surface area contributed by atoms with Gasteiger partial charge in [-0.1, -0.05) is 12.1 Å². The molecule has 5 atom stereocenters. The lowest BCUT2D eigenvalue weighted by Gasteiger charge is -2.43. The summed E-state index contributed by atoms with van der Waals surface area (Å²) in [5.41, 5.74) is 7.93. The van der Waals surface area contributed by atoms with Crippen molar-refractivity contribution < 1.29 is 24.9 Å². The Balaban J connectivity index is 1.84. The number of hydrogen-bond donors (Lipinski definition) is 4. The number of ether oxygens (including phenoxy) is 1. The normalized spacial score (nSPS) is 26.4. The smallest absolute Gasteiger partial charge is 0.161 e. The van der Waals surface area contributed by atoms with E-state index in [2.05, 4.69) is 29.2 Å². The summed E-state index contributed by atoms with van der Waals surface area (Å²) in [6.45, 7) is 2.04. The van der Waals surface area contributed by atoms with Gasteiger partial charge >= 0.3 is 0 Å². The van der Waals surface area contributed by atoms with Gasteiger partial charge in [0.15, 0.2) is 6.23 Å². The first-order valence-corrected chi connectivity index (χ1v) is 11.7. The van der Waals surface area contributed by atoms with E-state index < -0.39 is 30.6 Å². The Morgan fingerprint density at radius 3 is 2.16 bits per heavy atom. The summed E-state index contributed by atoms with van der Waals surface area (Å²) in [5, 5.41) is 31.8. The zero-order chi connectivity index (χ0) is 22.8. The molecule has 0 aromatic heterocycles. The van der Waals surface area contributed by atoms with Gasteiger partial charge in [-0.2, -0.15) is 5.06 Å². The molecule has 0 aliphatic carbocycles. The first-order valence-electron chi connectivity index (χ1n) is 10.6. The van der Waals surface area contributed by atoms with Crippen molar-refractivity contribution in [2.45, 2.75) is 49.9 Å². The fourth-order valence-electron chi connectivity index (χ4n) is 3.73. The van der Waals surface area contributed by atoms with Crippen molar-refractivity contribution in [3.63, 3.8) is 0 Å². The van der Waals surface area contributed by atoms with Gasteiger partial charge < -0.3 is 30.7 Å². The zero-order valence-corrected chi connectivity index (χ0v) is 19.5. The van der Waals surface area contributed by atoms with Crippen molar-refractivity contribution in [1.29, 1.82) is 0 Å². The fourth-order valence-corrected chi connectivity index (χ4v) is 4.14. The number of rotatable bonds is 13. The van der Waals surface area contributed by atoms with E-state index in [0.717, 1.165) is 38.0 Å². The number of aryl methyl sites for hydroxylation is 1. The second kappa shape index (κ2) is 13.8. The van der Waals surface area contributed by atoms with Crippen LogP contribution in [0.25, 0.3) is 0 Å². The Morgan fingerprint density at radius 2 is 1.61 bits per heavy atom. The summed E-state index contributed by atoms with van der Waals surface area (Å²) in [5.74, 6) is 1.10. The molecule has 31 heavy (non-hydrogen) atoms. The maximum Gasteiger partial charge on any atom is 0.161 e. The number of nitrogens with two attached hydrogens (primary N) is 1. The van der Waals surface area contributed by atoms with E-state index in [1.165, 1.54) is 17.7 Å².